The monoisotopic (exact) mass is 347 g/mol. The molecule has 1 N–H and O–H groups in total. The van der Waals surface area contributed by atoms with Crippen molar-refractivity contribution >= 4 is 10.9 Å². The number of rotatable bonds is 5. The number of hydrogen-bond donors (Lipinski definition) is 1. The van der Waals surface area contributed by atoms with E-state index in [1.165, 1.54) is 35.8 Å². The predicted octanol–water partition coefficient (Wildman–Crippen LogP) is 3.17. The molecule has 2 aromatic heterocycles. The smallest absolute Gasteiger partial charge is 0.115 e. The maximum Gasteiger partial charge on any atom is 0.115 e. The van der Waals surface area contributed by atoms with E-state index >= 15 is 0 Å². The minimum absolute atomic E-state index is 0.579. The second-order valence-electron chi connectivity index (χ2n) is 7.02. The van der Waals surface area contributed by atoms with Gasteiger partial charge in [-0.15, -0.1) is 0 Å². The van der Waals surface area contributed by atoms with Crippen LogP contribution >= 0.6 is 0 Å². The molecule has 3 heterocycles. The van der Waals surface area contributed by atoms with Gasteiger partial charge >= 0.3 is 0 Å². The van der Waals surface area contributed by atoms with Crippen LogP contribution in [0, 0.1) is 0 Å². The molecule has 0 spiro atoms. The van der Waals surface area contributed by atoms with Crippen LogP contribution in [-0.4, -0.2) is 39.0 Å². The minimum Gasteiger partial charge on any atom is -0.317 e. The van der Waals surface area contributed by atoms with Crippen LogP contribution in [-0.2, 0) is 13.1 Å². The summed E-state index contributed by atoms with van der Waals surface area (Å²) in [6.07, 6.45) is 11.0. The highest BCUT2D eigenvalue weighted by atomic mass is 15.2. The first-order chi connectivity index (χ1) is 12.9. The zero-order chi connectivity index (χ0) is 17.6. The molecule has 0 saturated carbocycles. The minimum atomic E-state index is 0.579. The first-order valence-electron chi connectivity index (χ1n) is 9.41. The normalized spacial score (nSPS) is 18.1. The lowest BCUT2D eigenvalue weighted by atomic mass is 10.0. The van der Waals surface area contributed by atoms with Crippen molar-refractivity contribution in [2.24, 2.45) is 0 Å². The van der Waals surface area contributed by atoms with Gasteiger partial charge in [0.25, 0.3) is 0 Å². The molecule has 26 heavy (non-hydrogen) atoms. The van der Waals surface area contributed by atoms with Gasteiger partial charge in [-0.1, -0.05) is 12.1 Å². The average molecular weight is 347 g/mol. The Kier molecular flexibility index (Phi) is 5.47. The summed E-state index contributed by atoms with van der Waals surface area (Å²) in [4.78, 5) is 15.4. The molecule has 5 heteroatoms. The lowest BCUT2D eigenvalue weighted by Gasteiger charge is -2.31. The maximum atomic E-state index is 4.43. The van der Waals surface area contributed by atoms with Gasteiger partial charge in [0.05, 0.1) is 5.52 Å². The Hall–Kier alpha value is -2.37. The highest BCUT2D eigenvalue weighted by molar-refractivity contribution is 5.78. The van der Waals surface area contributed by atoms with E-state index in [4.69, 9.17) is 0 Å². The lowest BCUT2D eigenvalue weighted by molar-refractivity contribution is 0.164. The van der Waals surface area contributed by atoms with E-state index in [2.05, 4.69) is 49.4 Å². The van der Waals surface area contributed by atoms with Gasteiger partial charge in [-0.2, -0.15) is 0 Å². The van der Waals surface area contributed by atoms with E-state index in [9.17, 15) is 0 Å². The zero-order valence-electron chi connectivity index (χ0n) is 15.0. The third-order valence-electron chi connectivity index (χ3n) is 5.11. The molecule has 0 amide bonds. The van der Waals surface area contributed by atoms with Crippen molar-refractivity contribution in [2.75, 3.05) is 13.1 Å². The zero-order valence-corrected chi connectivity index (χ0v) is 15.0. The summed E-state index contributed by atoms with van der Waals surface area (Å²) in [5.41, 5.74) is 3.56. The summed E-state index contributed by atoms with van der Waals surface area (Å²) in [5.74, 6) is 0. The van der Waals surface area contributed by atoms with Gasteiger partial charge in [0.2, 0.25) is 0 Å². The fourth-order valence-corrected chi connectivity index (χ4v) is 3.78. The van der Waals surface area contributed by atoms with Crippen molar-refractivity contribution in [3.8, 4) is 0 Å². The van der Waals surface area contributed by atoms with Crippen LogP contribution in [0.25, 0.3) is 10.9 Å². The molecule has 1 atom stereocenters. The molecule has 5 nitrogen and oxygen atoms in total. The van der Waals surface area contributed by atoms with E-state index in [1.54, 1.807) is 6.33 Å². The summed E-state index contributed by atoms with van der Waals surface area (Å²) >= 11 is 0. The fraction of sp³-hybridized carbons (Fsp3) is 0.381. The van der Waals surface area contributed by atoms with Crippen molar-refractivity contribution in [3.63, 3.8) is 0 Å². The van der Waals surface area contributed by atoms with Crippen LogP contribution in [0.1, 0.15) is 30.4 Å². The van der Waals surface area contributed by atoms with Gasteiger partial charge in [-0.05, 0) is 56.1 Å². The van der Waals surface area contributed by atoms with Crippen molar-refractivity contribution in [1.82, 2.24) is 25.2 Å². The fourth-order valence-electron chi connectivity index (χ4n) is 3.78. The topological polar surface area (TPSA) is 53.9 Å². The highest BCUT2D eigenvalue weighted by Crippen LogP contribution is 2.21. The number of fused-ring (bicyclic) bond motifs is 1. The summed E-state index contributed by atoms with van der Waals surface area (Å²) in [6, 6.07) is 11.3. The number of nitrogens with zero attached hydrogens (tertiary/aromatic N) is 4. The Bertz CT molecular complexity index is 828. The molecule has 1 fully saturated rings. The van der Waals surface area contributed by atoms with E-state index < -0.39 is 0 Å². The first kappa shape index (κ1) is 17.1. The molecule has 1 aromatic carbocycles. The van der Waals surface area contributed by atoms with Gasteiger partial charge in [0.1, 0.15) is 6.33 Å². The van der Waals surface area contributed by atoms with Crippen LogP contribution in [0.5, 0.6) is 0 Å². The number of pyridine rings is 1. The maximum absolute atomic E-state index is 4.43. The van der Waals surface area contributed by atoms with E-state index in [-0.39, 0.29) is 0 Å². The van der Waals surface area contributed by atoms with Crippen LogP contribution in [0.2, 0.25) is 0 Å². The molecule has 3 aromatic rings. The highest BCUT2D eigenvalue weighted by Gasteiger charge is 2.21. The number of benzene rings is 1. The third-order valence-corrected chi connectivity index (χ3v) is 5.11. The number of nitrogens with one attached hydrogen (secondary N) is 1. The summed E-state index contributed by atoms with van der Waals surface area (Å²) in [6.45, 7) is 4.04. The number of hydrogen-bond acceptors (Lipinski definition) is 5. The summed E-state index contributed by atoms with van der Waals surface area (Å²) < 4.78 is 0. The summed E-state index contributed by atoms with van der Waals surface area (Å²) in [7, 11) is 0. The molecule has 0 aliphatic carbocycles. The summed E-state index contributed by atoms with van der Waals surface area (Å²) in [5, 5.41) is 4.73. The van der Waals surface area contributed by atoms with Crippen molar-refractivity contribution < 1.29 is 0 Å². The van der Waals surface area contributed by atoms with Gasteiger partial charge in [-0.3, -0.25) is 9.88 Å². The van der Waals surface area contributed by atoms with E-state index in [0.29, 0.717) is 6.04 Å². The van der Waals surface area contributed by atoms with Gasteiger partial charge in [-0.25, -0.2) is 9.97 Å². The molecule has 1 aliphatic rings. The van der Waals surface area contributed by atoms with Crippen LogP contribution < -0.4 is 5.32 Å². The van der Waals surface area contributed by atoms with Crippen molar-refractivity contribution in [2.45, 2.75) is 38.4 Å². The molecule has 1 unspecified atom stereocenters. The Morgan fingerprint density at radius 2 is 1.88 bits per heavy atom. The standard InChI is InChI=1S/C21H25N5/c1-3-19-11-17(5-6-21(19)25-9-1)14-26(15-18-12-23-16-24-13-18)20-4-2-8-22-10-7-20/h1,3,5-6,9,11-13,16,20,22H,2,4,7-8,10,14-15H2. The average Bonchev–Trinajstić information content (AvgIpc) is 2.98. The predicted molar refractivity (Wildman–Crippen MR) is 104 cm³/mol. The van der Waals surface area contributed by atoms with Gasteiger partial charge in [0, 0.05) is 48.7 Å². The molecule has 4 rings (SSSR count). The second kappa shape index (κ2) is 8.34. The van der Waals surface area contributed by atoms with Crippen molar-refractivity contribution in [1.29, 1.82) is 0 Å². The molecular weight excluding hydrogens is 322 g/mol. The van der Waals surface area contributed by atoms with E-state index in [1.807, 2.05) is 24.7 Å². The first-order valence-corrected chi connectivity index (χ1v) is 9.41. The molecule has 0 radical (unpaired) electrons. The van der Waals surface area contributed by atoms with Crippen LogP contribution in [0.15, 0.2) is 55.2 Å². The quantitative estimate of drug-likeness (QED) is 0.768. The van der Waals surface area contributed by atoms with Gasteiger partial charge < -0.3 is 5.32 Å². The molecule has 134 valence electrons. The Balaban J connectivity index is 1.58. The molecule has 1 saturated heterocycles. The third kappa shape index (κ3) is 4.23. The SMILES string of the molecule is c1cnc2ccc(CN(Cc3cncnc3)C3CCCNCC3)cc2c1. The Labute approximate surface area is 154 Å². The van der Waals surface area contributed by atoms with Crippen LogP contribution in [0.4, 0.5) is 0 Å². The lowest BCUT2D eigenvalue weighted by Crippen LogP contribution is -2.35. The molecule has 1 aliphatic heterocycles. The second-order valence-corrected chi connectivity index (χ2v) is 7.02. The van der Waals surface area contributed by atoms with Crippen molar-refractivity contribution in [3.05, 3.63) is 66.4 Å². The van der Waals surface area contributed by atoms with E-state index in [0.717, 1.165) is 31.7 Å². The van der Waals surface area contributed by atoms with Gasteiger partial charge in [0.15, 0.2) is 0 Å². The largest absolute Gasteiger partial charge is 0.317 e. The Morgan fingerprint density at radius 3 is 2.81 bits per heavy atom. The molecular formula is C21H25N5. The number of aromatic nitrogens is 3. The Morgan fingerprint density at radius 1 is 1.00 bits per heavy atom. The van der Waals surface area contributed by atoms with Crippen LogP contribution in [0.3, 0.4) is 0 Å². The molecule has 0 bridgehead atoms.